The van der Waals surface area contributed by atoms with Gasteiger partial charge in [0.15, 0.2) is 0 Å². The van der Waals surface area contributed by atoms with Crippen LogP contribution in [0.25, 0.3) is 6.08 Å². The summed E-state index contributed by atoms with van der Waals surface area (Å²) >= 11 is 0. The summed E-state index contributed by atoms with van der Waals surface area (Å²) < 4.78 is 4.71. The quantitative estimate of drug-likeness (QED) is 0.589. The molecule has 0 radical (unpaired) electrons. The summed E-state index contributed by atoms with van der Waals surface area (Å²) in [5.74, 6) is -0.116. The Kier molecular flexibility index (Phi) is 3.79. The molecule has 0 saturated heterocycles. The van der Waals surface area contributed by atoms with Crippen molar-refractivity contribution in [3.63, 3.8) is 0 Å². The molecule has 1 rings (SSSR count). The molecule has 0 spiro atoms. The Hall–Kier alpha value is -1.91. The first kappa shape index (κ1) is 11.2. The van der Waals surface area contributed by atoms with Gasteiger partial charge in [-0.15, -0.1) is 0 Å². The van der Waals surface area contributed by atoms with Crippen LogP contribution in [0.1, 0.15) is 18.3 Å². The van der Waals surface area contributed by atoms with Crippen molar-refractivity contribution < 1.29 is 9.53 Å². The van der Waals surface area contributed by atoms with Gasteiger partial charge in [-0.25, -0.2) is 9.78 Å². The van der Waals surface area contributed by atoms with Gasteiger partial charge in [0.25, 0.3) is 0 Å². The van der Waals surface area contributed by atoms with Crippen LogP contribution < -0.4 is 5.73 Å². The monoisotopic (exact) mass is 207 g/mol. The third-order valence-corrected chi connectivity index (χ3v) is 1.61. The zero-order valence-electron chi connectivity index (χ0n) is 8.73. The van der Waals surface area contributed by atoms with E-state index in [9.17, 15) is 4.79 Å². The number of rotatable bonds is 3. The van der Waals surface area contributed by atoms with Crippen molar-refractivity contribution >= 4 is 17.9 Å². The van der Waals surface area contributed by atoms with Crippen LogP contribution in [0, 0.1) is 6.92 Å². The number of ether oxygens (including phenoxy) is 1. The number of hydrogen-bond acceptors (Lipinski definition) is 5. The third kappa shape index (κ3) is 3.38. The lowest BCUT2D eigenvalue weighted by Crippen LogP contribution is -2.01. The average Bonchev–Trinajstić information content (AvgIpc) is 2.17. The fraction of sp³-hybridized carbons (Fsp3) is 0.300. The highest BCUT2D eigenvalue weighted by atomic mass is 16.5. The number of carbonyl (C=O) groups is 1. The van der Waals surface area contributed by atoms with E-state index in [1.807, 2.05) is 0 Å². The first-order chi connectivity index (χ1) is 7.13. The highest BCUT2D eigenvalue weighted by molar-refractivity contribution is 5.87. The van der Waals surface area contributed by atoms with Crippen molar-refractivity contribution in [2.75, 3.05) is 12.3 Å². The van der Waals surface area contributed by atoms with Crippen molar-refractivity contribution in [3.8, 4) is 0 Å². The summed E-state index contributed by atoms with van der Waals surface area (Å²) in [7, 11) is 0. The van der Waals surface area contributed by atoms with E-state index in [0.717, 1.165) is 5.69 Å². The van der Waals surface area contributed by atoms with Crippen LogP contribution in [0.4, 0.5) is 5.82 Å². The number of aromatic nitrogens is 2. The molecule has 1 aromatic rings. The molecule has 0 aromatic carbocycles. The number of hydrogen-bond donors (Lipinski definition) is 1. The van der Waals surface area contributed by atoms with Crippen molar-refractivity contribution in [1.82, 2.24) is 9.97 Å². The third-order valence-electron chi connectivity index (χ3n) is 1.61. The van der Waals surface area contributed by atoms with E-state index in [4.69, 9.17) is 10.5 Å². The summed E-state index contributed by atoms with van der Waals surface area (Å²) in [5.41, 5.74) is 6.81. The fourth-order valence-electron chi connectivity index (χ4n) is 0.971. The Morgan fingerprint density at radius 3 is 3.00 bits per heavy atom. The Bertz CT molecular complexity index is 388. The molecular weight excluding hydrogens is 194 g/mol. The predicted octanol–water partition coefficient (Wildman–Crippen LogP) is 0.944. The van der Waals surface area contributed by atoms with E-state index in [1.165, 1.54) is 12.2 Å². The molecule has 0 fully saturated rings. The number of esters is 1. The second kappa shape index (κ2) is 5.09. The average molecular weight is 207 g/mol. The van der Waals surface area contributed by atoms with E-state index >= 15 is 0 Å². The molecule has 5 heteroatoms. The van der Waals surface area contributed by atoms with Crippen LogP contribution in [0.5, 0.6) is 0 Å². The van der Waals surface area contributed by atoms with E-state index in [0.29, 0.717) is 18.1 Å². The molecule has 0 atom stereocenters. The second-order valence-electron chi connectivity index (χ2n) is 2.87. The highest BCUT2D eigenvalue weighted by Gasteiger charge is 2.00. The zero-order valence-corrected chi connectivity index (χ0v) is 8.73. The Morgan fingerprint density at radius 1 is 1.67 bits per heavy atom. The smallest absolute Gasteiger partial charge is 0.330 e. The first-order valence-electron chi connectivity index (χ1n) is 4.57. The molecule has 0 aliphatic heterocycles. The van der Waals surface area contributed by atoms with Crippen molar-refractivity contribution in [2.24, 2.45) is 0 Å². The molecule has 0 saturated carbocycles. The van der Waals surface area contributed by atoms with Crippen LogP contribution in [-0.4, -0.2) is 22.5 Å². The largest absolute Gasteiger partial charge is 0.463 e. The summed E-state index contributed by atoms with van der Waals surface area (Å²) in [6.45, 7) is 3.88. The van der Waals surface area contributed by atoms with Crippen LogP contribution >= 0.6 is 0 Å². The summed E-state index contributed by atoms with van der Waals surface area (Å²) in [4.78, 5) is 19.0. The van der Waals surface area contributed by atoms with Gasteiger partial charge in [-0.3, -0.25) is 4.98 Å². The molecule has 0 bridgehead atoms. The summed E-state index contributed by atoms with van der Waals surface area (Å²) in [5, 5.41) is 0. The van der Waals surface area contributed by atoms with Gasteiger partial charge in [0.05, 0.1) is 12.3 Å². The summed E-state index contributed by atoms with van der Waals surface area (Å²) in [6.07, 6.45) is 4.35. The van der Waals surface area contributed by atoms with Crippen molar-refractivity contribution in [2.45, 2.75) is 13.8 Å². The number of anilines is 1. The molecule has 5 nitrogen and oxygen atoms in total. The minimum Gasteiger partial charge on any atom is -0.463 e. The number of carbonyl (C=O) groups excluding carboxylic acids is 1. The molecule has 1 aromatic heterocycles. The molecule has 15 heavy (non-hydrogen) atoms. The van der Waals surface area contributed by atoms with Gasteiger partial charge in [0.2, 0.25) is 0 Å². The predicted molar refractivity (Wildman–Crippen MR) is 56.8 cm³/mol. The lowest BCUT2D eigenvalue weighted by molar-refractivity contribution is -0.137. The van der Waals surface area contributed by atoms with Gasteiger partial charge >= 0.3 is 5.97 Å². The SMILES string of the molecule is CCOC(=O)/C=C/c1ncc(C)nc1N. The van der Waals surface area contributed by atoms with Crippen LogP contribution in [0.15, 0.2) is 12.3 Å². The fourth-order valence-corrected chi connectivity index (χ4v) is 0.971. The van der Waals surface area contributed by atoms with Gasteiger partial charge in [0, 0.05) is 12.3 Å². The van der Waals surface area contributed by atoms with Crippen LogP contribution in [-0.2, 0) is 9.53 Å². The Labute approximate surface area is 88.0 Å². The normalized spacial score (nSPS) is 10.5. The summed E-state index contributed by atoms with van der Waals surface area (Å²) in [6, 6.07) is 0. The van der Waals surface area contributed by atoms with Crippen LogP contribution in [0.2, 0.25) is 0 Å². The number of nitrogens with zero attached hydrogens (tertiary/aromatic N) is 2. The lowest BCUT2D eigenvalue weighted by Gasteiger charge is -1.99. The van der Waals surface area contributed by atoms with Crippen molar-refractivity contribution in [1.29, 1.82) is 0 Å². The standard InChI is InChI=1S/C10H13N3O2/c1-3-15-9(14)5-4-8-10(11)13-7(2)6-12-8/h4-6H,3H2,1-2H3,(H2,11,13)/b5-4+. The molecule has 1 heterocycles. The van der Waals surface area contributed by atoms with Crippen molar-refractivity contribution in [3.05, 3.63) is 23.7 Å². The van der Waals surface area contributed by atoms with Gasteiger partial charge in [0.1, 0.15) is 11.5 Å². The highest BCUT2D eigenvalue weighted by Crippen LogP contribution is 2.07. The molecule has 2 N–H and O–H groups in total. The maximum Gasteiger partial charge on any atom is 0.330 e. The van der Waals surface area contributed by atoms with Crippen LogP contribution in [0.3, 0.4) is 0 Å². The zero-order chi connectivity index (χ0) is 11.3. The number of nitrogens with two attached hydrogens (primary N) is 1. The van der Waals surface area contributed by atoms with E-state index < -0.39 is 5.97 Å². The minimum atomic E-state index is -0.417. The molecule has 0 amide bonds. The Morgan fingerprint density at radius 2 is 2.40 bits per heavy atom. The maximum absolute atomic E-state index is 11.0. The van der Waals surface area contributed by atoms with Gasteiger partial charge in [-0.1, -0.05) is 0 Å². The minimum absolute atomic E-state index is 0.301. The lowest BCUT2D eigenvalue weighted by atomic mass is 10.3. The topological polar surface area (TPSA) is 78.1 Å². The van der Waals surface area contributed by atoms with Gasteiger partial charge in [-0.2, -0.15) is 0 Å². The molecular formula is C10H13N3O2. The maximum atomic E-state index is 11.0. The first-order valence-corrected chi connectivity index (χ1v) is 4.57. The van der Waals surface area contributed by atoms with Gasteiger partial charge in [-0.05, 0) is 19.9 Å². The molecule has 0 unspecified atom stereocenters. The molecule has 80 valence electrons. The van der Waals surface area contributed by atoms with E-state index in [-0.39, 0.29) is 0 Å². The molecule has 0 aliphatic carbocycles. The van der Waals surface area contributed by atoms with E-state index in [2.05, 4.69) is 9.97 Å². The Balaban J connectivity index is 2.76. The molecule has 0 aliphatic rings. The second-order valence-corrected chi connectivity index (χ2v) is 2.87. The number of nitrogen functional groups attached to an aromatic ring is 1. The number of aryl methyl sites for hydroxylation is 1. The van der Waals surface area contributed by atoms with Gasteiger partial charge < -0.3 is 10.5 Å². The van der Waals surface area contributed by atoms with E-state index in [1.54, 1.807) is 20.0 Å².